The van der Waals surface area contributed by atoms with Crippen LogP contribution in [0, 0.1) is 5.92 Å². The summed E-state index contributed by atoms with van der Waals surface area (Å²) >= 11 is 0. The summed E-state index contributed by atoms with van der Waals surface area (Å²) in [5.74, 6) is 0.368. The van der Waals surface area contributed by atoms with Crippen molar-refractivity contribution in [3.8, 4) is 0 Å². The molecule has 21 heavy (non-hydrogen) atoms. The molecule has 1 aromatic heterocycles. The molecule has 0 unspecified atom stereocenters. The van der Waals surface area contributed by atoms with E-state index in [0.29, 0.717) is 18.8 Å². The van der Waals surface area contributed by atoms with Gasteiger partial charge in [-0.3, -0.25) is 9.78 Å². The first-order valence-electron chi connectivity index (χ1n) is 7.21. The van der Waals surface area contributed by atoms with Gasteiger partial charge in [-0.05, 0) is 37.7 Å². The van der Waals surface area contributed by atoms with E-state index in [1.807, 2.05) is 6.07 Å². The summed E-state index contributed by atoms with van der Waals surface area (Å²) in [6.07, 6.45) is 8.05. The van der Waals surface area contributed by atoms with E-state index in [0.717, 1.165) is 23.4 Å². The summed E-state index contributed by atoms with van der Waals surface area (Å²) in [7, 11) is 0. The second kappa shape index (κ2) is 5.27. The fraction of sp³-hybridized carbons (Fsp3) is 0.467. The predicted octanol–water partition coefficient (Wildman–Crippen LogP) is 1.92. The van der Waals surface area contributed by atoms with Crippen molar-refractivity contribution in [2.45, 2.75) is 38.1 Å². The van der Waals surface area contributed by atoms with E-state index in [4.69, 9.17) is 0 Å². The molecule has 6 nitrogen and oxygen atoms in total. The molecule has 2 aliphatic rings. The number of aromatic nitrogens is 1. The van der Waals surface area contributed by atoms with E-state index in [-0.39, 0.29) is 5.91 Å². The molecule has 1 spiro atoms. The molecule has 0 atom stereocenters. The van der Waals surface area contributed by atoms with Crippen LogP contribution in [0.2, 0.25) is 0 Å². The van der Waals surface area contributed by atoms with E-state index in [1.165, 1.54) is 6.21 Å². The van der Waals surface area contributed by atoms with Gasteiger partial charge >= 0.3 is 6.03 Å². The van der Waals surface area contributed by atoms with Crippen molar-refractivity contribution in [3.63, 3.8) is 0 Å². The van der Waals surface area contributed by atoms with Crippen molar-refractivity contribution in [1.82, 2.24) is 15.3 Å². The maximum absolute atomic E-state index is 12.5. The Bertz CT molecular complexity index is 577. The van der Waals surface area contributed by atoms with Gasteiger partial charge in [0, 0.05) is 18.0 Å². The molecule has 1 aromatic rings. The van der Waals surface area contributed by atoms with Crippen LogP contribution in [0.15, 0.2) is 29.6 Å². The molecule has 1 aliphatic heterocycles. The number of nitrogens with zero attached hydrogens (tertiary/aromatic N) is 3. The molecule has 1 saturated carbocycles. The maximum atomic E-state index is 12.5. The SMILES string of the molecule is CC1CCC2(CC1)NC(=O)N(/N=C\c1cccnc1)C2=O. The van der Waals surface area contributed by atoms with Crippen LogP contribution in [-0.2, 0) is 4.79 Å². The Kier molecular flexibility index (Phi) is 3.45. The fourth-order valence-electron chi connectivity index (χ4n) is 2.88. The minimum Gasteiger partial charge on any atom is -0.321 e. The van der Waals surface area contributed by atoms with Gasteiger partial charge in [0.2, 0.25) is 0 Å². The largest absolute Gasteiger partial charge is 0.346 e. The number of hydrazone groups is 1. The number of hydrogen-bond donors (Lipinski definition) is 1. The van der Waals surface area contributed by atoms with Crippen LogP contribution in [0.1, 0.15) is 38.2 Å². The predicted molar refractivity (Wildman–Crippen MR) is 77.6 cm³/mol. The third-order valence-corrected chi connectivity index (χ3v) is 4.27. The Labute approximate surface area is 123 Å². The molecule has 110 valence electrons. The van der Waals surface area contributed by atoms with Gasteiger partial charge in [0.05, 0.1) is 6.21 Å². The monoisotopic (exact) mass is 286 g/mol. The highest BCUT2D eigenvalue weighted by Crippen LogP contribution is 2.36. The lowest BCUT2D eigenvalue weighted by Crippen LogP contribution is -2.49. The van der Waals surface area contributed by atoms with Crippen LogP contribution in [0.3, 0.4) is 0 Å². The molecule has 1 aliphatic carbocycles. The second-order valence-corrected chi connectivity index (χ2v) is 5.84. The van der Waals surface area contributed by atoms with Gasteiger partial charge in [-0.2, -0.15) is 5.10 Å². The van der Waals surface area contributed by atoms with Crippen LogP contribution in [-0.4, -0.2) is 33.7 Å². The Morgan fingerprint density at radius 3 is 2.86 bits per heavy atom. The third-order valence-electron chi connectivity index (χ3n) is 4.27. The van der Waals surface area contributed by atoms with Gasteiger partial charge in [0.1, 0.15) is 5.54 Å². The first-order chi connectivity index (χ1) is 10.1. The summed E-state index contributed by atoms with van der Waals surface area (Å²) in [6.45, 7) is 2.17. The van der Waals surface area contributed by atoms with Crippen molar-refractivity contribution >= 4 is 18.2 Å². The number of rotatable bonds is 2. The average molecular weight is 286 g/mol. The van der Waals surface area contributed by atoms with E-state index < -0.39 is 11.6 Å². The van der Waals surface area contributed by atoms with Crippen molar-refractivity contribution in [1.29, 1.82) is 0 Å². The number of hydrogen-bond acceptors (Lipinski definition) is 4. The lowest BCUT2D eigenvalue weighted by atomic mass is 9.77. The molecule has 3 amide bonds. The highest BCUT2D eigenvalue weighted by molar-refractivity contribution is 6.07. The molecule has 0 radical (unpaired) electrons. The lowest BCUT2D eigenvalue weighted by molar-refractivity contribution is -0.132. The molecule has 0 aromatic carbocycles. The highest BCUT2D eigenvalue weighted by Gasteiger charge is 2.52. The minimum absolute atomic E-state index is 0.237. The van der Waals surface area contributed by atoms with Gasteiger partial charge in [-0.25, -0.2) is 4.79 Å². The number of imide groups is 1. The number of pyridine rings is 1. The van der Waals surface area contributed by atoms with Gasteiger partial charge in [-0.15, -0.1) is 5.01 Å². The van der Waals surface area contributed by atoms with Gasteiger partial charge in [-0.1, -0.05) is 13.0 Å². The summed E-state index contributed by atoms with van der Waals surface area (Å²) in [5, 5.41) is 7.81. The number of urea groups is 1. The summed E-state index contributed by atoms with van der Waals surface area (Å²) in [4.78, 5) is 28.5. The minimum atomic E-state index is -0.740. The molecule has 2 heterocycles. The second-order valence-electron chi connectivity index (χ2n) is 5.84. The Balaban J connectivity index is 1.77. The fourth-order valence-corrected chi connectivity index (χ4v) is 2.88. The summed E-state index contributed by atoms with van der Waals surface area (Å²) in [5.41, 5.74) is 0.00638. The third kappa shape index (κ3) is 2.53. The van der Waals surface area contributed by atoms with E-state index in [2.05, 4.69) is 22.3 Å². The first-order valence-corrected chi connectivity index (χ1v) is 7.21. The number of carbonyl (C=O) groups is 2. The van der Waals surface area contributed by atoms with Crippen LogP contribution >= 0.6 is 0 Å². The zero-order valence-electron chi connectivity index (χ0n) is 12.0. The smallest absolute Gasteiger partial charge is 0.321 e. The molecule has 3 rings (SSSR count). The van der Waals surface area contributed by atoms with Crippen molar-refractivity contribution in [2.75, 3.05) is 0 Å². The average Bonchev–Trinajstić information content (AvgIpc) is 2.73. The lowest BCUT2D eigenvalue weighted by Gasteiger charge is -2.33. The van der Waals surface area contributed by atoms with Crippen LogP contribution in [0.4, 0.5) is 4.79 Å². The van der Waals surface area contributed by atoms with Gasteiger partial charge in [0.15, 0.2) is 0 Å². The molecule has 1 saturated heterocycles. The van der Waals surface area contributed by atoms with Crippen LogP contribution < -0.4 is 5.32 Å². The number of amides is 3. The Morgan fingerprint density at radius 1 is 1.43 bits per heavy atom. The van der Waals surface area contributed by atoms with Gasteiger partial charge < -0.3 is 5.32 Å². The molecule has 2 fully saturated rings. The zero-order valence-corrected chi connectivity index (χ0v) is 12.0. The van der Waals surface area contributed by atoms with Crippen molar-refractivity contribution in [3.05, 3.63) is 30.1 Å². The van der Waals surface area contributed by atoms with E-state index >= 15 is 0 Å². The van der Waals surface area contributed by atoms with E-state index in [1.54, 1.807) is 18.5 Å². The zero-order chi connectivity index (χ0) is 14.9. The van der Waals surface area contributed by atoms with Crippen LogP contribution in [0.5, 0.6) is 0 Å². The normalized spacial score (nSPS) is 29.4. The Hall–Kier alpha value is -2.24. The molecule has 6 heteroatoms. The maximum Gasteiger partial charge on any atom is 0.346 e. The summed E-state index contributed by atoms with van der Waals surface area (Å²) < 4.78 is 0. The van der Waals surface area contributed by atoms with Crippen molar-refractivity contribution < 1.29 is 9.59 Å². The number of nitrogens with one attached hydrogen (secondary N) is 1. The molecule has 0 bridgehead atoms. The quantitative estimate of drug-likeness (QED) is 0.666. The molecular formula is C15H18N4O2. The highest BCUT2D eigenvalue weighted by atomic mass is 16.2. The van der Waals surface area contributed by atoms with Crippen molar-refractivity contribution in [2.24, 2.45) is 11.0 Å². The van der Waals surface area contributed by atoms with Gasteiger partial charge in [0.25, 0.3) is 5.91 Å². The molecule has 1 N–H and O–H groups in total. The topological polar surface area (TPSA) is 74.7 Å². The standard InChI is InChI=1S/C15H18N4O2/c1-11-4-6-15(7-5-11)13(20)19(14(21)18-15)17-10-12-3-2-8-16-9-12/h2-3,8-11H,4-7H2,1H3,(H,18,21)/b17-10-. The van der Waals surface area contributed by atoms with Crippen LogP contribution in [0.25, 0.3) is 0 Å². The first kappa shape index (κ1) is 13.7. The summed E-state index contributed by atoms with van der Waals surface area (Å²) in [6, 6.07) is 3.15. The number of carbonyl (C=O) groups excluding carboxylic acids is 2. The molecular weight excluding hydrogens is 268 g/mol. The van der Waals surface area contributed by atoms with E-state index in [9.17, 15) is 9.59 Å². The Morgan fingerprint density at radius 2 is 2.19 bits per heavy atom.